The third kappa shape index (κ3) is 2.13. The van der Waals surface area contributed by atoms with Gasteiger partial charge in [0.2, 0.25) is 11.8 Å². The van der Waals surface area contributed by atoms with E-state index < -0.39 is 0 Å². The summed E-state index contributed by atoms with van der Waals surface area (Å²) in [4.78, 5) is 8.54. The minimum atomic E-state index is 0.0406. The first-order valence-corrected chi connectivity index (χ1v) is 6.80. The molecule has 3 rings (SSSR count). The standard InChI is InChI=1S/C16H16N2O2/c1-2-3-10-20-16-14-11-6-4-5-7-12(11)15(19)18-13(14)8-9-17-16/h4-9H,2-3,10H2,1H3,(H,18,19). The molecule has 0 aliphatic heterocycles. The van der Waals surface area contributed by atoms with Crippen LogP contribution in [0.1, 0.15) is 19.8 Å². The van der Waals surface area contributed by atoms with Crippen LogP contribution in [0.5, 0.6) is 11.8 Å². The molecule has 4 nitrogen and oxygen atoms in total. The molecule has 4 heteroatoms. The Bertz CT molecular complexity index is 756. The van der Waals surface area contributed by atoms with E-state index in [4.69, 9.17) is 4.74 Å². The SMILES string of the molecule is CCCCOc1nccc2nc(O)c3ccccc3c12. The van der Waals surface area contributed by atoms with Crippen molar-refractivity contribution >= 4 is 21.7 Å². The molecule has 0 aliphatic carbocycles. The Labute approximate surface area is 117 Å². The van der Waals surface area contributed by atoms with Gasteiger partial charge in [0.25, 0.3) is 0 Å². The van der Waals surface area contributed by atoms with E-state index in [9.17, 15) is 5.11 Å². The number of hydrogen-bond donors (Lipinski definition) is 1. The highest BCUT2D eigenvalue weighted by Gasteiger charge is 2.12. The number of nitrogens with zero attached hydrogens (tertiary/aromatic N) is 2. The summed E-state index contributed by atoms with van der Waals surface area (Å²) in [5.74, 6) is 0.624. The molecule has 2 aromatic heterocycles. The molecule has 0 unspecified atom stereocenters. The van der Waals surface area contributed by atoms with Crippen molar-refractivity contribution in [3.63, 3.8) is 0 Å². The van der Waals surface area contributed by atoms with Crippen LogP contribution >= 0.6 is 0 Å². The van der Waals surface area contributed by atoms with Gasteiger partial charge in [0, 0.05) is 17.0 Å². The first-order chi connectivity index (χ1) is 9.81. The largest absolute Gasteiger partial charge is 0.493 e. The third-order valence-corrected chi connectivity index (χ3v) is 3.29. The van der Waals surface area contributed by atoms with E-state index in [0.29, 0.717) is 23.4 Å². The molecule has 0 radical (unpaired) electrons. The topological polar surface area (TPSA) is 55.2 Å². The van der Waals surface area contributed by atoms with Crippen molar-refractivity contribution in [2.45, 2.75) is 19.8 Å². The molecule has 0 amide bonds. The first kappa shape index (κ1) is 12.7. The van der Waals surface area contributed by atoms with Crippen LogP contribution in [0.4, 0.5) is 0 Å². The molecule has 0 spiro atoms. The number of pyridine rings is 2. The molecule has 1 aromatic carbocycles. The van der Waals surface area contributed by atoms with Crippen LogP contribution in [-0.4, -0.2) is 21.7 Å². The van der Waals surface area contributed by atoms with Gasteiger partial charge >= 0.3 is 0 Å². The molecular weight excluding hydrogens is 252 g/mol. The van der Waals surface area contributed by atoms with Gasteiger partial charge in [0.05, 0.1) is 17.5 Å². The average molecular weight is 268 g/mol. The second-order valence-electron chi connectivity index (χ2n) is 4.69. The Morgan fingerprint density at radius 2 is 1.95 bits per heavy atom. The molecule has 0 aliphatic rings. The third-order valence-electron chi connectivity index (χ3n) is 3.29. The zero-order valence-corrected chi connectivity index (χ0v) is 11.3. The van der Waals surface area contributed by atoms with E-state index >= 15 is 0 Å². The first-order valence-electron chi connectivity index (χ1n) is 6.80. The summed E-state index contributed by atoms with van der Waals surface area (Å²) in [6, 6.07) is 9.40. The van der Waals surface area contributed by atoms with Crippen LogP contribution in [-0.2, 0) is 0 Å². The summed E-state index contributed by atoms with van der Waals surface area (Å²) >= 11 is 0. The smallest absolute Gasteiger partial charge is 0.223 e. The second-order valence-corrected chi connectivity index (χ2v) is 4.69. The van der Waals surface area contributed by atoms with Crippen molar-refractivity contribution in [1.82, 2.24) is 9.97 Å². The Hall–Kier alpha value is -2.36. The number of fused-ring (bicyclic) bond motifs is 3. The number of aromatic nitrogens is 2. The Balaban J connectivity index is 2.23. The molecule has 102 valence electrons. The minimum Gasteiger partial charge on any atom is -0.493 e. The molecule has 2 heterocycles. The van der Waals surface area contributed by atoms with Gasteiger partial charge in [0.1, 0.15) is 0 Å². The summed E-state index contributed by atoms with van der Waals surface area (Å²) in [6.45, 7) is 2.76. The maximum absolute atomic E-state index is 10.0. The number of hydrogen-bond acceptors (Lipinski definition) is 4. The molecule has 3 aromatic rings. The molecule has 0 bridgehead atoms. The van der Waals surface area contributed by atoms with Gasteiger partial charge in [-0.05, 0) is 18.6 Å². The second kappa shape index (κ2) is 5.33. The summed E-state index contributed by atoms with van der Waals surface area (Å²) in [7, 11) is 0. The predicted octanol–water partition coefficient (Wildman–Crippen LogP) is 3.67. The highest BCUT2D eigenvalue weighted by molar-refractivity contribution is 6.09. The zero-order valence-electron chi connectivity index (χ0n) is 11.3. The van der Waals surface area contributed by atoms with E-state index in [0.717, 1.165) is 23.6 Å². The fourth-order valence-electron chi connectivity index (χ4n) is 2.27. The molecule has 0 saturated heterocycles. The van der Waals surface area contributed by atoms with Gasteiger partial charge in [0.15, 0.2) is 0 Å². The van der Waals surface area contributed by atoms with Crippen LogP contribution < -0.4 is 4.74 Å². The molecule has 0 fully saturated rings. The molecular formula is C16H16N2O2. The van der Waals surface area contributed by atoms with Crippen LogP contribution in [0.3, 0.4) is 0 Å². The van der Waals surface area contributed by atoms with E-state index in [2.05, 4.69) is 16.9 Å². The number of unbranched alkanes of at least 4 members (excludes halogenated alkanes) is 1. The van der Waals surface area contributed by atoms with Gasteiger partial charge in [-0.15, -0.1) is 0 Å². The number of rotatable bonds is 4. The highest BCUT2D eigenvalue weighted by Crippen LogP contribution is 2.34. The van der Waals surface area contributed by atoms with Gasteiger partial charge < -0.3 is 9.84 Å². The van der Waals surface area contributed by atoms with Crippen molar-refractivity contribution in [1.29, 1.82) is 0 Å². The van der Waals surface area contributed by atoms with Crippen LogP contribution in [0.15, 0.2) is 36.5 Å². The fourth-order valence-corrected chi connectivity index (χ4v) is 2.27. The van der Waals surface area contributed by atoms with Crippen LogP contribution in [0.25, 0.3) is 21.7 Å². The monoisotopic (exact) mass is 268 g/mol. The van der Waals surface area contributed by atoms with E-state index in [1.165, 1.54) is 0 Å². The summed E-state index contributed by atoms with van der Waals surface area (Å²) < 4.78 is 5.77. The van der Waals surface area contributed by atoms with Crippen molar-refractivity contribution in [2.75, 3.05) is 6.61 Å². The lowest BCUT2D eigenvalue weighted by atomic mass is 10.1. The number of aromatic hydroxyl groups is 1. The predicted molar refractivity (Wildman–Crippen MR) is 79.1 cm³/mol. The molecule has 20 heavy (non-hydrogen) atoms. The summed E-state index contributed by atoms with van der Waals surface area (Å²) in [6.07, 6.45) is 3.72. The van der Waals surface area contributed by atoms with Gasteiger partial charge in [-0.25, -0.2) is 9.97 Å². The quantitative estimate of drug-likeness (QED) is 0.579. The van der Waals surface area contributed by atoms with Crippen LogP contribution in [0, 0.1) is 0 Å². The molecule has 1 N–H and O–H groups in total. The fraction of sp³-hybridized carbons (Fsp3) is 0.250. The van der Waals surface area contributed by atoms with Crippen molar-refractivity contribution < 1.29 is 9.84 Å². The van der Waals surface area contributed by atoms with Gasteiger partial charge in [-0.1, -0.05) is 31.5 Å². The Morgan fingerprint density at radius 1 is 1.15 bits per heavy atom. The van der Waals surface area contributed by atoms with Crippen LogP contribution in [0.2, 0.25) is 0 Å². The number of benzene rings is 1. The average Bonchev–Trinajstić information content (AvgIpc) is 2.48. The molecule has 0 saturated carbocycles. The van der Waals surface area contributed by atoms with Gasteiger partial charge in [-0.3, -0.25) is 0 Å². The van der Waals surface area contributed by atoms with Gasteiger partial charge in [-0.2, -0.15) is 0 Å². The minimum absolute atomic E-state index is 0.0406. The Kier molecular flexibility index (Phi) is 3.37. The van der Waals surface area contributed by atoms with E-state index in [-0.39, 0.29) is 5.88 Å². The maximum Gasteiger partial charge on any atom is 0.223 e. The zero-order chi connectivity index (χ0) is 13.9. The lowest BCUT2D eigenvalue weighted by Crippen LogP contribution is -1.99. The van der Waals surface area contributed by atoms with E-state index in [1.54, 1.807) is 12.3 Å². The van der Waals surface area contributed by atoms with Crippen molar-refractivity contribution in [3.05, 3.63) is 36.5 Å². The lowest BCUT2D eigenvalue weighted by Gasteiger charge is -2.10. The summed E-state index contributed by atoms with van der Waals surface area (Å²) in [5, 5.41) is 12.5. The highest BCUT2D eigenvalue weighted by atomic mass is 16.5. The van der Waals surface area contributed by atoms with E-state index in [1.807, 2.05) is 24.3 Å². The normalized spacial score (nSPS) is 11.1. The Morgan fingerprint density at radius 3 is 2.75 bits per heavy atom. The maximum atomic E-state index is 10.0. The summed E-state index contributed by atoms with van der Waals surface area (Å²) in [5.41, 5.74) is 0.697. The lowest BCUT2D eigenvalue weighted by molar-refractivity contribution is 0.302. The van der Waals surface area contributed by atoms with Crippen molar-refractivity contribution in [2.24, 2.45) is 0 Å². The number of ether oxygens (including phenoxy) is 1. The van der Waals surface area contributed by atoms with Crippen molar-refractivity contribution in [3.8, 4) is 11.8 Å². The molecule has 0 atom stereocenters.